The Hall–Kier alpha value is -0.720. The van der Waals surface area contributed by atoms with Crippen molar-refractivity contribution in [2.24, 2.45) is 0 Å². The molecule has 0 amide bonds. The Labute approximate surface area is 75.3 Å². The molecule has 0 heterocycles. The molecule has 0 aliphatic rings. The summed E-state index contributed by atoms with van der Waals surface area (Å²) in [6, 6.07) is 0. The van der Waals surface area contributed by atoms with Crippen molar-refractivity contribution >= 4 is 45.3 Å². The van der Waals surface area contributed by atoms with Gasteiger partial charge in [-0.1, -0.05) is 19.4 Å². The molecule has 0 aromatic heterocycles. The second-order valence-electron chi connectivity index (χ2n) is 0.274. The van der Waals surface area contributed by atoms with Crippen LogP contribution in [0.4, 0.5) is 0 Å². The molecule has 0 spiro atoms. The van der Waals surface area contributed by atoms with E-state index in [1.165, 1.54) is 0 Å². The van der Waals surface area contributed by atoms with Crippen LogP contribution in [-0.4, -0.2) is 60.6 Å². The Morgan fingerprint density at radius 3 is 0.700 bits per heavy atom. The Kier molecular flexibility index (Phi) is 193. The molecule has 7 heteroatoms. The van der Waals surface area contributed by atoms with Crippen molar-refractivity contribution in [1.29, 1.82) is 0 Å². The standard InChI is InChI=1S/3CHO2.In/c3*2-1-3;/h3*(H,2,3);/q3*-1;+3. The fourth-order valence-corrected chi connectivity index (χ4v) is 0. The van der Waals surface area contributed by atoms with Crippen LogP contribution in [-0.2, 0) is 14.4 Å². The van der Waals surface area contributed by atoms with E-state index in [1.54, 1.807) is 0 Å². The van der Waals surface area contributed by atoms with E-state index in [4.69, 9.17) is 29.7 Å². The number of aliphatic hydroxyl groups excluding tert-OH is 3. The van der Waals surface area contributed by atoms with Crippen LogP contribution in [0, 0.1) is 0 Å². The van der Waals surface area contributed by atoms with Crippen molar-refractivity contribution in [3.8, 4) is 0 Å². The molecular weight excluding hydrogens is 247 g/mol. The van der Waals surface area contributed by atoms with Gasteiger partial charge in [-0.25, -0.2) is 0 Å². The van der Waals surface area contributed by atoms with Crippen LogP contribution < -0.4 is 0 Å². The minimum absolute atomic E-state index is 0. The van der Waals surface area contributed by atoms with Gasteiger partial charge in [0.15, 0.2) is 0 Å². The van der Waals surface area contributed by atoms with Gasteiger partial charge in [-0.2, -0.15) is 0 Å². The molecule has 6 nitrogen and oxygen atoms in total. The van der Waals surface area contributed by atoms with Crippen molar-refractivity contribution in [2.45, 2.75) is 0 Å². The van der Waals surface area contributed by atoms with Crippen molar-refractivity contribution in [1.82, 2.24) is 0 Å². The van der Waals surface area contributed by atoms with E-state index in [-0.39, 0.29) is 25.8 Å². The average Bonchev–Trinajstić information content (AvgIpc) is 1.70. The predicted molar refractivity (Wildman–Crippen MR) is 30.7 cm³/mol. The fraction of sp³-hybridized carbons (Fsp3) is 0. The maximum atomic E-state index is 8.24. The van der Waals surface area contributed by atoms with Gasteiger partial charge in [0.25, 0.3) is 0 Å². The summed E-state index contributed by atoms with van der Waals surface area (Å²) in [4.78, 5) is 24.7. The smallest absolute Gasteiger partial charge is 0.665 e. The van der Waals surface area contributed by atoms with Crippen LogP contribution in [0.15, 0.2) is 0 Å². The molecule has 0 fully saturated rings. The van der Waals surface area contributed by atoms with Crippen LogP contribution in [0.25, 0.3) is 0 Å². The molecule has 54 valence electrons. The molecule has 0 saturated carbocycles. The zero-order chi connectivity index (χ0) is 8.12. The first kappa shape index (κ1) is 22.8. The molecule has 0 radical (unpaired) electrons. The number of hydrogen-bond acceptors (Lipinski definition) is 3. The van der Waals surface area contributed by atoms with E-state index in [2.05, 4.69) is 0 Å². The molecule has 0 aliphatic heterocycles. The molecule has 10 heavy (non-hydrogen) atoms. The Bertz CT molecular complexity index is 49.7. The fourth-order valence-electron chi connectivity index (χ4n) is 0. The van der Waals surface area contributed by atoms with Crippen LogP contribution >= 0.6 is 0 Å². The molecule has 0 bridgehead atoms. The Balaban J connectivity index is -0.0000000257. The van der Waals surface area contributed by atoms with E-state index in [0.717, 1.165) is 0 Å². The maximum absolute atomic E-state index is 8.24. The average molecular weight is 250 g/mol. The molecule has 0 aliphatic carbocycles. The van der Waals surface area contributed by atoms with Crippen molar-refractivity contribution in [3.63, 3.8) is 0 Å². The van der Waals surface area contributed by atoms with Crippen LogP contribution in [0.3, 0.4) is 0 Å². The van der Waals surface area contributed by atoms with Crippen LogP contribution in [0.1, 0.15) is 0 Å². The summed E-state index contributed by atoms with van der Waals surface area (Å²) < 4.78 is 0. The predicted octanol–water partition coefficient (Wildman–Crippen LogP) is -1.55. The monoisotopic (exact) mass is 250 g/mol. The number of rotatable bonds is 0. The summed E-state index contributed by atoms with van der Waals surface area (Å²) in [5.74, 6) is 0. The van der Waals surface area contributed by atoms with Crippen molar-refractivity contribution in [3.05, 3.63) is 0 Å². The van der Waals surface area contributed by atoms with E-state index in [9.17, 15) is 0 Å². The minimum Gasteiger partial charge on any atom is -0.665 e. The van der Waals surface area contributed by atoms with Crippen molar-refractivity contribution in [2.75, 3.05) is 0 Å². The van der Waals surface area contributed by atoms with Gasteiger partial charge >= 0.3 is 25.8 Å². The molecule has 0 saturated heterocycles. The quantitative estimate of drug-likeness (QED) is 0.449. The third-order valence-corrected chi connectivity index (χ3v) is 0. The summed E-state index contributed by atoms with van der Waals surface area (Å²) in [7, 11) is 0. The van der Waals surface area contributed by atoms with Gasteiger partial charge < -0.3 is 29.7 Å². The number of hydrogen-bond donors (Lipinski definition) is 3. The molecule has 0 unspecified atom stereocenters. The topological polar surface area (TPSA) is 112 Å². The summed E-state index contributed by atoms with van der Waals surface area (Å²) in [5, 5.41) is 20.3. The molecule has 0 aromatic carbocycles. The van der Waals surface area contributed by atoms with Gasteiger partial charge in [0.2, 0.25) is 0 Å². The Morgan fingerprint density at radius 1 is 0.700 bits per heavy atom. The first-order chi connectivity index (χ1) is 4.24. The zero-order valence-corrected chi connectivity index (χ0v) is 7.94. The van der Waals surface area contributed by atoms with Gasteiger partial charge in [0, 0.05) is 0 Å². The third-order valence-electron chi connectivity index (χ3n) is 0. The zero-order valence-electron chi connectivity index (χ0n) is 4.64. The van der Waals surface area contributed by atoms with E-state index >= 15 is 0 Å². The van der Waals surface area contributed by atoms with Gasteiger partial charge in [-0.05, 0) is 0 Å². The molecule has 0 rings (SSSR count). The van der Waals surface area contributed by atoms with E-state index < -0.39 is 0 Å². The largest absolute Gasteiger partial charge is 3.00 e. The molecule has 0 atom stereocenters. The summed E-state index contributed by atoms with van der Waals surface area (Å²) in [5.41, 5.74) is 0. The summed E-state index contributed by atoms with van der Waals surface area (Å²) in [6.07, 6.45) is 0. The van der Waals surface area contributed by atoms with Gasteiger partial charge in [0.1, 0.15) is 0 Å². The molecule has 0 aromatic rings. The van der Waals surface area contributed by atoms with Crippen LogP contribution in [0.2, 0.25) is 0 Å². The minimum atomic E-state index is 0. The molecular formula is C3H3InO6. The third kappa shape index (κ3) is 554. The van der Waals surface area contributed by atoms with Gasteiger partial charge in [0.05, 0.1) is 0 Å². The van der Waals surface area contributed by atoms with Gasteiger partial charge in [-0.15, -0.1) is 0 Å². The summed E-state index contributed by atoms with van der Waals surface area (Å²) in [6.45, 7) is 1.50. The first-order valence-electron chi connectivity index (χ1n) is 1.28. The second-order valence-corrected chi connectivity index (χ2v) is 0.274. The van der Waals surface area contributed by atoms with Gasteiger partial charge in [-0.3, -0.25) is 0 Å². The first-order valence-corrected chi connectivity index (χ1v) is 1.28. The normalized spacial score (nSPS) is 3.60. The molecule has 3 N–H and O–H groups in total. The SMILES string of the molecule is O=[C-]O.O=[C-]O.O=[C-]O.[In+3]. The Morgan fingerprint density at radius 2 is 0.700 bits per heavy atom. The summed E-state index contributed by atoms with van der Waals surface area (Å²) >= 11 is 0. The van der Waals surface area contributed by atoms with E-state index in [0.29, 0.717) is 19.4 Å². The second kappa shape index (κ2) is 84.4. The van der Waals surface area contributed by atoms with Crippen molar-refractivity contribution < 1.29 is 29.7 Å². The van der Waals surface area contributed by atoms with Crippen LogP contribution in [0.5, 0.6) is 0 Å². The van der Waals surface area contributed by atoms with E-state index in [1.807, 2.05) is 0 Å². The maximum Gasteiger partial charge on any atom is 3.00 e.